The molecule has 1 amide bonds. The highest BCUT2D eigenvalue weighted by molar-refractivity contribution is 7.03. The first-order valence-corrected chi connectivity index (χ1v) is 8.87. The molecule has 0 saturated carbocycles. The van der Waals surface area contributed by atoms with Crippen LogP contribution in [0.15, 0.2) is 29.6 Å². The summed E-state index contributed by atoms with van der Waals surface area (Å²) >= 11 is 1.29. The molecule has 3 rings (SSSR count). The first-order valence-electron chi connectivity index (χ1n) is 8.03. The molecule has 26 heavy (non-hydrogen) atoms. The molecule has 0 aliphatic carbocycles. The Bertz CT molecular complexity index is 930. The van der Waals surface area contributed by atoms with E-state index in [0.29, 0.717) is 34.6 Å². The standard InChI is InChI=1S/C18H18N4O3S/c1-4-13-15(18(24)25-3)10(2)16(20-13)17(23)19-12-7-5-11(6-8-12)14-9-26-22-21-14/h5-9,20H,4H2,1-3H3,(H,19,23). The van der Waals surface area contributed by atoms with Crippen LogP contribution in [0.2, 0.25) is 0 Å². The van der Waals surface area contributed by atoms with E-state index in [1.807, 2.05) is 24.4 Å². The molecule has 8 heteroatoms. The van der Waals surface area contributed by atoms with Crippen molar-refractivity contribution in [2.24, 2.45) is 0 Å². The molecule has 2 N–H and O–H groups in total. The Morgan fingerprint density at radius 3 is 2.58 bits per heavy atom. The SMILES string of the molecule is CCc1[nH]c(C(=O)Nc2ccc(-c3csnn3)cc2)c(C)c1C(=O)OC. The third-order valence-electron chi connectivity index (χ3n) is 4.10. The predicted molar refractivity (Wildman–Crippen MR) is 99.5 cm³/mol. The fraction of sp³-hybridized carbons (Fsp3) is 0.222. The number of nitrogens with one attached hydrogen (secondary N) is 2. The quantitative estimate of drug-likeness (QED) is 0.671. The number of anilines is 1. The molecule has 2 aromatic heterocycles. The Morgan fingerprint density at radius 1 is 1.27 bits per heavy atom. The van der Waals surface area contributed by atoms with Crippen molar-refractivity contribution < 1.29 is 14.3 Å². The zero-order valence-electron chi connectivity index (χ0n) is 14.6. The molecule has 3 aromatic rings. The van der Waals surface area contributed by atoms with Gasteiger partial charge in [0.15, 0.2) is 0 Å². The van der Waals surface area contributed by atoms with Crippen LogP contribution in [0.1, 0.15) is 39.0 Å². The Morgan fingerprint density at radius 2 is 2.00 bits per heavy atom. The lowest BCUT2D eigenvalue weighted by atomic mass is 10.1. The van der Waals surface area contributed by atoms with E-state index in [-0.39, 0.29) is 5.91 Å². The fourth-order valence-electron chi connectivity index (χ4n) is 2.74. The van der Waals surface area contributed by atoms with Gasteiger partial charge in [0, 0.05) is 22.3 Å². The number of esters is 1. The number of amides is 1. The van der Waals surface area contributed by atoms with Gasteiger partial charge in [0.25, 0.3) is 5.91 Å². The summed E-state index contributed by atoms with van der Waals surface area (Å²) in [6.45, 7) is 3.64. The van der Waals surface area contributed by atoms with Crippen molar-refractivity contribution in [3.8, 4) is 11.3 Å². The molecular weight excluding hydrogens is 352 g/mol. The van der Waals surface area contributed by atoms with Gasteiger partial charge in [-0.2, -0.15) is 0 Å². The first kappa shape index (κ1) is 17.8. The van der Waals surface area contributed by atoms with Crippen LogP contribution in [0, 0.1) is 6.92 Å². The molecule has 0 atom stereocenters. The molecule has 0 radical (unpaired) electrons. The summed E-state index contributed by atoms with van der Waals surface area (Å²) in [5.74, 6) is -0.758. The van der Waals surface area contributed by atoms with Gasteiger partial charge in [0.2, 0.25) is 0 Å². The minimum atomic E-state index is -0.448. The van der Waals surface area contributed by atoms with Gasteiger partial charge in [-0.25, -0.2) is 4.79 Å². The predicted octanol–water partition coefficient (Wildman–Crippen LogP) is 3.44. The Labute approximate surface area is 154 Å². The number of carbonyl (C=O) groups excluding carboxylic acids is 2. The third-order valence-corrected chi connectivity index (χ3v) is 4.60. The number of aromatic amines is 1. The summed E-state index contributed by atoms with van der Waals surface area (Å²) in [7, 11) is 1.33. The van der Waals surface area contributed by atoms with Crippen LogP contribution in [0.4, 0.5) is 5.69 Å². The number of aromatic nitrogens is 3. The number of aryl methyl sites for hydroxylation is 1. The second-order valence-corrected chi connectivity index (χ2v) is 6.26. The number of carbonyl (C=O) groups is 2. The molecule has 0 fully saturated rings. The minimum Gasteiger partial charge on any atom is -0.465 e. The fourth-order valence-corrected chi connectivity index (χ4v) is 3.20. The maximum atomic E-state index is 12.6. The van der Waals surface area contributed by atoms with Gasteiger partial charge in [-0.05, 0) is 42.6 Å². The van der Waals surface area contributed by atoms with E-state index in [1.54, 1.807) is 19.1 Å². The van der Waals surface area contributed by atoms with E-state index >= 15 is 0 Å². The second-order valence-electron chi connectivity index (χ2n) is 5.65. The monoisotopic (exact) mass is 370 g/mol. The summed E-state index contributed by atoms with van der Waals surface area (Å²) in [4.78, 5) is 27.6. The van der Waals surface area contributed by atoms with Crippen LogP contribution >= 0.6 is 11.5 Å². The van der Waals surface area contributed by atoms with Crippen LogP contribution in [-0.4, -0.2) is 33.6 Å². The topological polar surface area (TPSA) is 97.0 Å². The molecule has 0 bridgehead atoms. The summed E-state index contributed by atoms with van der Waals surface area (Å²) in [6.07, 6.45) is 0.592. The summed E-state index contributed by atoms with van der Waals surface area (Å²) in [6, 6.07) is 7.33. The third kappa shape index (κ3) is 3.36. The zero-order chi connectivity index (χ0) is 18.7. The second kappa shape index (κ2) is 7.49. The normalized spacial score (nSPS) is 10.6. The summed E-state index contributed by atoms with van der Waals surface area (Å²) < 4.78 is 8.66. The molecule has 0 spiro atoms. The van der Waals surface area contributed by atoms with E-state index in [0.717, 1.165) is 11.3 Å². The summed E-state index contributed by atoms with van der Waals surface area (Å²) in [5.41, 5.74) is 4.41. The van der Waals surface area contributed by atoms with Gasteiger partial charge in [-0.1, -0.05) is 23.5 Å². The average Bonchev–Trinajstić information content (AvgIpc) is 3.29. The van der Waals surface area contributed by atoms with Crippen LogP contribution in [0.3, 0.4) is 0 Å². The van der Waals surface area contributed by atoms with Crippen LogP contribution in [0.5, 0.6) is 0 Å². The molecule has 134 valence electrons. The Balaban J connectivity index is 1.82. The lowest BCUT2D eigenvalue weighted by Gasteiger charge is -2.06. The maximum Gasteiger partial charge on any atom is 0.339 e. The van der Waals surface area contributed by atoms with E-state index in [9.17, 15) is 9.59 Å². The lowest BCUT2D eigenvalue weighted by Crippen LogP contribution is -2.14. The van der Waals surface area contributed by atoms with Crippen molar-refractivity contribution in [2.75, 3.05) is 12.4 Å². The number of hydrogen-bond acceptors (Lipinski definition) is 6. The van der Waals surface area contributed by atoms with Crippen LogP contribution in [-0.2, 0) is 11.2 Å². The Hall–Kier alpha value is -3.00. The first-order chi connectivity index (χ1) is 12.5. The highest BCUT2D eigenvalue weighted by Crippen LogP contribution is 2.23. The van der Waals surface area contributed by atoms with Crippen molar-refractivity contribution in [3.05, 3.63) is 52.2 Å². The van der Waals surface area contributed by atoms with E-state index in [2.05, 4.69) is 19.9 Å². The number of methoxy groups -OCH3 is 1. The van der Waals surface area contributed by atoms with Crippen molar-refractivity contribution in [1.82, 2.24) is 14.6 Å². The van der Waals surface area contributed by atoms with Gasteiger partial charge in [0.05, 0.1) is 12.7 Å². The largest absolute Gasteiger partial charge is 0.465 e. The smallest absolute Gasteiger partial charge is 0.339 e. The van der Waals surface area contributed by atoms with E-state index in [4.69, 9.17) is 4.74 Å². The van der Waals surface area contributed by atoms with Crippen LogP contribution < -0.4 is 5.32 Å². The number of benzene rings is 1. The van der Waals surface area contributed by atoms with Gasteiger partial charge < -0.3 is 15.0 Å². The van der Waals surface area contributed by atoms with Crippen molar-refractivity contribution in [3.63, 3.8) is 0 Å². The molecule has 0 unspecified atom stereocenters. The summed E-state index contributed by atoms with van der Waals surface area (Å²) in [5, 5.41) is 8.71. The molecule has 0 aliphatic rings. The Kier molecular flexibility index (Phi) is 5.13. The number of ether oxygens (including phenoxy) is 1. The molecule has 2 heterocycles. The molecule has 0 saturated heterocycles. The minimum absolute atomic E-state index is 0.310. The van der Waals surface area contributed by atoms with Gasteiger partial charge in [-0.3, -0.25) is 4.79 Å². The van der Waals surface area contributed by atoms with Gasteiger partial charge >= 0.3 is 5.97 Å². The maximum absolute atomic E-state index is 12.6. The highest BCUT2D eigenvalue weighted by Gasteiger charge is 2.23. The number of H-pyrrole nitrogens is 1. The van der Waals surface area contributed by atoms with Crippen molar-refractivity contribution in [1.29, 1.82) is 0 Å². The number of nitrogens with zero attached hydrogens (tertiary/aromatic N) is 2. The molecule has 1 aromatic carbocycles. The molecule has 0 aliphatic heterocycles. The average molecular weight is 370 g/mol. The van der Waals surface area contributed by atoms with Crippen molar-refractivity contribution in [2.45, 2.75) is 20.3 Å². The van der Waals surface area contributed by atoms with E-state index in [1.165, 1.54) is 18.6 Å². The van der Waals surface area contributed by atoms with E-state index < -0.39 is 5.97 Å². The lowest BCUT2D eigenvalue weighted by molar-refractivity contribution is 0.0599. The van der Waals surface area contributed by atoms with Gasteiger partial charge in [0.1, 0.15) is 11.4 Å². The van der Waals surface area contributed by atoms with Crippen LogP contribution in [0.25, 0.3) is 11.3 Å². The number of hydrogen-bond donors (Lipinski definition) is 2. The zero-order valence-corrected chi connectivity index (χ0v) is 15.4. The molecular formula is C18H18N4O3S. The highest BCUT2D eigenvalue weighted by atomic mass is 32.1. The molecule has 7 nitrogen and oxygen atoms in total. The van der Waals surface area contributed by atoms with Crippen molar-refractivity contribution >= 4 is 29.1 Å². The number of rotatable bonds is 5. The van der Waals surface area contributed by atoms with Gasteiger partial charge in [-0.15, -0.1) is 5.10 Å².